The van der Waals surface area contributed by atoms with Gasteiger partial charge in [0.2, 0.25) is 6.86 Å². The number of benzene rings is 3. The van der Waals surface area contributed by atoms with E-state index in [0.29, 0.717) is 12.2 Å². The summed E-state index contributed by atoms with van der Waals surface area (Å²) in [5.41, 5.74) is 5.51. The molecule has 37 heavy (non-hydrogen) atoms. The molecule has 2 aliphatic rings. The number of phenolic OH excluding ortho intramolecular Hbond substituents is 1. The van der Waals surface area contributed by atoms with Crippen LogP contribution in [0.25, 0.3) is 11.1 Å². The molecular weight excluding hydrogens is 492 g/mol. The van der Waals surface area contributed by atoms with Crippen molar-refractivity contribution < 1.29 is 23.4 Å². The number of ether oxygens (including phenoxy) is 2. The first kappa shape index (κ1) is 25.6. The summed E-state index contributed by atoms with van der Waals surface area (Å²) in [7, 11) is 0. The van der Waals surface area contributed by atoms with Crippen molar-refractivity contribution in [3.63, 3.8) is 0 Å². The topological polar surface area (TPSA) is 41.9 Å². The highest BCUT2D eigenvalue weighted by molar-refractivity contribution is 7.99. The molecule has 2 heterocycles. The van der Waals surface area contributed by atoms with Crippen molar-refractivity contribution in [2.75, 3.05) is 38.9 Å². The number of likely N-dealkylation sites (tertiary alicyclic amines) is 1. The number of halogens is 2. The number of rotatable bonds is 9. The summed E-state index contributed by atoms with van der Waals surface area (Å²) in [5.74, 6) is 2.45. The number of allylic oxidation sites excluding steroid dienone is 1. The van der Waals surface area contributed by atoms with Crippen LogP contribution >= 0.6 is 11.8 Å². The molecule has 0 aliphatic carbocycles. The van der Waals surface area contributed by atoms with Gasteiger partial charge in [0.15, 0.2) is 0 Å². The van der Waals surface area contributed by atoms with Gasteiger partial charge in [-0.25, -0.2) is 4.39 Å². The Morgan fingerprint density at radius 1 is 0.946 bits per heavy atom. The van der Waals surface area contributed by atoms with Crippen LogP contribution in [-0.4, -0.2) is 55.0 Å². The van der Waals surface area contributed by atoms with E-state index in [1.807, 2.05) is 36.4 Å². The van der Waals surface area contributed by atoms with Gasteiger partial charge in [0.25, 0.3) is 0 Å². The first-order valence-corrected chi connectivity index (χ1v) is 13.7. The van der Waals surface area contributed by atoms with E-state index in [4.69, 9.17) is 9.47 Å². The van der Waals surface area contributed by atoms with Gasteiger partial charge in [0, 0.05) is 30.3 Å². The largest absolute Gasteiger partial charge is 0.508 e. The SMILES string of the molecule is Oc1ccc2c(c1)SCCC(c1ccc(OCF)cc1)=C2c1ccc(O[C@H]2CCN(CCCF)C2)cc1. The Kier molecular flexibility index (Phi) is 8.31. The van der Waals surface area contributed by atoms with Crippen molar-refractivity contribution in [1.29, 1.82) is 0 Å². The average molecular weight is 524 g/mol. The summed E-state index contributed by atoms with van der Waals surface area (Å²) >= 11 is 1.73. The van der Waals surface area contributed by atoms with E-state index in [1.54, 1.807) is 30.0 Å². The lowest BCUT2D eigenvalue weighted by atomic mass is 9.88. The van der Waals surface area contributed by atoms with E-state index in [1.165, 1.54) is 5.57 Å². The first-order valence-electron chi connectivity index (χ1n) is 12.7. The van der Waals surface area contributed by atoms with Crippen LogP contribution in [0.2, 0.25) is 0 Å². The summed E-state index contributed by atoms with van der Waals surface area (Å²) in [4.78, 5) is 3.30. The second-order valence-corrected chi connectivity index (χ2v) is 10.4. The molecule has 0 amide bonds. The molecule has 0 saturated carbocycles. The zero-order valence-corrected chi connectivity index (χ0v) is 21.5. The van der Waals surface area contributed by atoms with Gasteiger partial charge in [-0.3, -0.25) is 9.29 Å². The van der Waals surface area contributed by atoms with Gasteiger partial charge in [-0.1, -0.05) is 24.3 Å². The zero-order chi connectivity index (χ0) is 25.6. The summed E-state index contributed by atoms with van der Waals surface area (Å²) in [5, 5.41) is 10.1. The van der Waals surface area contributed by atoms with Crippen molar-refractivity contribution in [1.82, 2.24) is 4.90 Å². The number of alkyl halides is 2. The van der Waals surface area contributed by atoms with Crippen LogP contribution in [0.3, 0.4) is 0 Å². The predicted octanol–water partition coefficient (Wildman–Crippen LogP) is 6.97. The molecular formula is C30H31F2NO3S. The van der Waals surface area contributed by atoms with E-state index in [-0.39, 0.29) is 18.5 Å². The minimum Gasteiger partial charge on any atom is -0.508 e. The monoisotopic (exact) mass is 523 g/mol. The van der Waals surface area contributed by atoms with Crippen LogP contribution in [0, 0.1) is 0 Å². The molecule has 0 unspecified atom stereocenters. The predicted molar refractivity (Wildman–Crippen MR) is 145 cm³/mol. The van der Waals surface area contributed by atoms with Gasteiger partial charge in [0.05, 0.1) is 6.67 Å². The van der Waals surface area contributed by atoms with Gasteiger partial charge >= 0.3 is 0 Å². The molecule has 0 radical (unpaired) electrons. The van der Waals surface area contributed by atoms with Crippen LogP contribution in [0.1, 0.15) is 36.0 Å². The van der Waals surface area contributed by atoms with E-state index in [0.717, 1.165) is 71.1 Å². The minimum atomic E-state index is -0.855. The summed E-state index contributed by atoms with van der Waals surface area (Å²) < 4.78 is 36.4. The number of aromatic hydroxyl groups is 1. The molecule has 1 saturated heterocycles. The van der Waals surface area contributed by atoms with Gasteiger partial charge in [0.1, 0.15) is 23.4 Å². The van der Waals surface area contributed by atoms with Crippen molar-refractivity contribution in [2.45, 2.75) is 30.3 Å². The van der Waals surface area contributed by atoms with E-state index in [2.05, 4.69) is 17.0 Å². The molecule has 1 atom stereocenters. The highest BCUT2D eigenvalue weighted by Crippen LogP contribution is 2.44. The maximum Gasteiger partial charge on any atom is 0.228 e. The van der Waals surface area contributed by atoms with Crippen LogP contribution in [-0.2, 0) is 0 Å². The lowest BCUT2D eigenvalue weighted by molar-refractivity contribution is 0.192. The normalized spacial score (nSPS) is 17.9. The minimum absolute atomic E-state index is 0.114. The fourth-order valence-corrected chi connectivity index (χ4v) is 6.15. The molecule has 7 heteroatoms. The molecule has 2 aliphatic heterocycles. The third-order valence-electron chi connectivity index (χ3n) is 6.85. The Labute approximate surface area is 220 Å². The Balaban J connectivity index is 1.45. The smallest absolute Gasteiger partial charge is 0.228 e. The fourth-order valence-electron chi connectivity index (χ4n) is 5.09. The lowest BCUT2D eigenvalue weighted by Crippen LogP contribution is -2.26. The second kappa shape index (κ2) is 12.0. The molecule has 194 valence electrons. The first-order chi connectivity index (χ1) is 18.1. The quantitative estimate of drug-likeness (QED) is 0.328. The summed E-state index contributed by atoms with van der Waals surface area (Å²) in [6.45, 7) is 1.41. The molecule has 3 aromatic carbocycles. The third kappa shape index (κ3) is 6.11. The zero-order valence-electron chi connectivity index (χ0n) is 20.7. The summed E-state index contributed by atoms with van der Waals surface area (Å²) in [6, 6.07) is 21.3. The maximum absolute atomic E-state index is 12.6. The Morgan fingerprint density at radius 2 is 1.70 bits per heavy atom. The van der Waals surface area contributed by atoms with Gasteiger partial charge in [-0.2, -0.15) is 0 Å². The van der Waals surface area contributed by atoms with E-state index >= 15 is 0 Å². The number of hydrogen-bond donors (Lipinski definition) is 1. The highest BCUT2D eigenvalue weighted by Gasteiger charge is 2.24. The van der Waals surface area contributed by atoms with Gasteiger partial charge in [-0.15, -0.1) is 11.8 Å². The van der Waals surface area contributed by atoms with Crippen LogP contribution in [0.15, 0.2) is 71.6 Å². The van der Waals surface area contributed by atoms with E-state index < -0.39 is 6.86 Å². The highest BCUT2D eigenvalue weighted by atomic mass is 32.2. The maximum atomic E-state index is 12.6. The number of thioether (sulfide) groups is 1. The second-order valence-electron chi connectivity index (χ2n) is 9.31. The molecule has 0 spiro atoms. The number of nitrogens with zero attached hydrogens (tertiary/aromatic N) is 1. The van der Waals surface area contributed by atoms with Crippen molar-refractivity contribution >= 4 is 22.9 Å². The molecule has 1 fully saturated rings. The van der Waals surface area contributed by atoms with E-state index in [9.17, 15) is 13.9 Å². The lowest BCUT2D eigenvalue weighted by Gasteiger charge is -2.18. The summed E-state index contributed by atoms with van der Waals surface area (Å²) in [6.07, 6.45) is 2.47. The molecule has 1 N–H and O–H groups in total. The van der Waals surface area contributed by atoms with Crippen molar-refractivity contribution in [3.05, 3.63) is 83.4 Å². The molecule has 4 nitrogen and oxygen atoms in total. The van der Waals surface area contributed by atoms with Gasteiger partial charge in [-0.05, 0) is 89.6 Å². The molecule has 0 bridgehead atoms. The number of fused-ring (bicyclic) bond motifs is 1. The Hall–Kier alpha value is -3.03. The van der Waals surface area contributed by atoms with Crippen LogP contribution in [0.4, 0.5) is 8.78 Å². The third-order valence-corrected chi connectivity index (χ3v) is 7.91. The fraction of sp³-hybridized carbons (Fsp3) is 0.333. The molecule has 3 aromatic rings. The van der Waals surface area contributed by atoms with Crippen molar-refractivity contribution in [3.8, 4) is 17.2 Å². The van der Waals surface area contributed by atoms with Crippen molar-refractivity contribution in [2.24, 2.45) is 0 Å². The molecule has 0 aromatic heterocycles. The number of hydrogen-bond acceptors (Lipinski definition) is 5. The molecule has 5 rings (SSSR count). The van der Waals surface area contributed by atoms with Crippen LogP contribution < -0.4 is 9.47 Å². The number of phenols is 1. The Bertz CT molecular complexity index is 1230. The Morgan fingerprint density at radius 3 is 2.46 bits per heavy atom. The average Bonchev–Trinajstić information content (AvgIpc) is 3.27. The van der Waals surface area contributed by atoms with Crippen LogP contribution in [0.5, 0.6) is 17.2 Å². The van der Waals surface area contributed by atoms with Gasteiger partial charge < -0.3 is 14.6 Å². The standard InChI is InChI=1S/C30H31F2NO3S/c31-14-1-15-33-16-12-26(19-33)36-25-9-4-22(5-10-25)30-27(21-2-7-24(8-3-21)35-20-32)13-17-37-29-18-23(34)6-11-28(29)30/h2-11,18,26,34H,1,12-17,19-20H2/t26-/m0/s1.